The van der Waals surface area contributed by atoms with Crippen LogP contribution in [0.25, 0.3) is 0 Å². The van der Waals surface area contributed by atoms with Gasteiger partial charge in [0.25, 0.3) is 0 Å². The molecular weight excluding hydrogens is 242 g/mol. The molecule has 0 aliphatic carbocycles. The van der Waals surface area contributed by atoms with Crippen molar-refractivity contribution in [2.24, 2.45) is 0 Å². The highest BCUT2D eigenvalue weighted by molar-refractivity contribution is 6.31. The number of hydrogen-bond acceptors (Lipinski definition) is 4. The van der Waals surface area contributed by atoms with E-state index in [1.165, 1.54) is 0 Å². The van der Waals surface area contributed by atoms with Crippen LogP contribution in [0.3, 0.4) is 0 Å². The van der Waals surface area contributed by atoms with E-state index in [0.717, 1.165) is 0 Å². The minimum Gasteiger partial charge on any atom is -0.383 e. The largest absolute Gasteiger partial charge is 0.383 e. The lowest BCUT2D eigenvalue weighted by Crippen LogP contribution is -2.38. The lowest BCUT2D eigenvalue weighted by Gasteiger charge is -2.25. The molecule has 0 aliphatic heterocycles. The summed E-state index contributed by atoms with van der Waals surface area (Å²) in [6.07, 6.45) is 1.56. The summed E-state index contributed by atoms with van der Waals surface area (Å²) in [5, 5.41) is 18.1. The third-order valence-electron chi connectivity index (χ3n) is 2.56. The number of nitrogens with zero attached hydrogens (tertiary/aromatic N) is 2. The Kier molecular flexibility index (Phi) is 5.39. The third kappa shape index (κ3) is 3.67. The molecule has 0 spiro atoms. The van der Waals surface area contributed by atoms with Crippen LogP contribution in [-0.4, -0.2) is 41.7 Å². The predicted molar refractivity (Wildman–Crippen MR) is 67.2 cm³/mol. The Morgan fingerprint density at radius 2 is 2.35 bits per heavy atom. The first-order valence-corrected chi connectivity index (χ1v) is 6.04. The molecule has 1 unspecified atom stereocenters. The smallest absolute Gasteiger partial charge is 0.117 e. The van der Waals surface area contributed by atoms with Crippen LogP contribution in [0.1, 0.15) is 19.5 Å². The highest BCUT2D eigenvalue weighted by atomic mass is 35.5. The van der Waals surface area contributed by atoms with Crippen molar-refractivity contribution in [3.05, 3.63) is 16.9 Å². The zero-order valence-corrected chi connectivity index (χ0v) is 11.3. The van der Waals surface area contributed by atoms with E-state index in [0.29, 0.717) is 37.0 Å². The van der Waals surface area contributed by atoms with Crippen LogP contribution < -0.4 is 5.32 Å². The van der Waals surface area contributed by atoms with Crippen molar-refractivity contribution in [3.63, 3.8) is 0 Å². The van der Waals surface area contributed by atoms with Crippen LogP contribution in [0.2, 0.25) is 5.02 Å². The predicted octanol–water partition coefficient (Wildman–Crippen LogP) is 1.000. The van der Waals surface area contributed by atoms with Crippen molar-refractivity contribution in [2.45, 2.75) is 26.0 Å². The van der Waals surface area contributed by atoms with Crippen LogP contribution in [0.5, 0.6) is 0 Å². The Hall–Kier alpha value is -0.620. The van der Waals surface area contributed by atoms with Gasteiger partial charge in [0.2, 0.25) is 0 Å². The first-order chi connectivity index (χ1) is 8.03. The molecule has 5 nitrogen and oxygen atoms in total. The van der Waals surface area contributed by atoms with Gasteiger partial charge in [-0.3, -0.25) is 4.68 Å². The Morgan fingerprint density at radius 3 is 2.94 bits per heavy atom. The lowest BCUT2D eigenvalue weighted by molar-refractivity contribution is 0.0460. The molecule has 17 heavy (non-hydrogen) atoms. The third-order valence-corrected chi connectivity index (χ3v) is 2.83. The zero-order valence-electron chi connectivity index (χ0n) is 10.5. The van der Waals surface area contributed by atoms with Gasteiger partial charge in [0.05, 0.1) is 23.5 Å². The van der Waals surface area contributed by atoms with Gasteiger partial charge in [-0.05, 0) is 13.8 Å². The fraction of sp³-hybridized carbons (Fsp3) is 0.727. The molecule has 0 bridgehead atoms. The second kappa shape index (κ2) is 6.35. The van der Waals surface area contributed by atoms with E-state index in [-0.39, 0.29) is 0 Å². The lowest BCUT2D eigenvalue weighted by atomic mass is 10.0. The minimum atomic E-state index is -1.04. The summed E-state index contributed by atoms with van der Waals surface area (Å²) in [4.78, 5) is 0. The SMILES string of the molecule is CCn1ncc(Cl)c1C(C)(O)CNCCOC. The average Bonchev–Trinajstić information content (AvgIpc) is 2.66. The Morgan fingerprint density at radius 1 is 1.65 bits per heavy atom. The number of methoxy groups -OCH3 is 1. The number of ether oxygens (including phenoxy) is 1. The van der Waals surface area contributed by atoms with Crippen molar-refractivity contribution < 1.29 is 9.84 Å². The highest BCUT2D eigenvalue weighted by Crippen LogP contribution is 2.27. The summed E-state index contributed by atoms with van der Waals surface area (Å²) in [6.45, 7) is 6.06. The Bertz CT molecular complexity index is 352. The number of rotatable bonds is 7. The number of hydrogen-bond donors (Lipinski definition) is 2. The van der Waals surface area contributed by atoms with Crippen molar-refractivity contribution in [2.75, 3.05) is 26.8 Å². The summed E-state index contributed by atoms with van der Waals surface area (Å²) in [6, 6.07) is 0. The molecule has 1 atom stereocenters. The van der Waals surface area contributed by atoms with Gasteiger partial charge in [-0.2, -0.15) is 5.10 Å². The number of halogens is 1. The summed E-state index contributed by atoms with van der Waals surface area (Å²) >= 11 is 6.05. The van der Waals surface area contributed by atoms with Crippen LogP contribution in [0, 0.1) is 0 Å². The highest BCUT2D eigenvalue weighted by Gasteiger charge is 2.29. The van der Waals surface area contributed by atoms with E-state index >= 15 is 0 Å². The van der Waals surface area contributed by atoms with E-state index in [2.05, 4.69) is 10.4 Å². The summed E-state index contributed by atoms with van der Waals surface area (Å²) in [5.74, 6) is 0. The average molecular weight is 262 g/mol. The molecule has 1 aromatic rings. The van der Waals surface area contributed by atoms with Gasteiger partial charge >= 0.3 is 0 Å². The first-order valence-electron chi connectivity index (χ1n) is 5.66. The standard InChI is InChI=1S/C11H20ClN3O2/c1-4-15-10(9(12)7-14-15)11(2,16)8-13-5-6-17-3/h7,13,16H,4-6,8H2,1-3H3. The molecule has 6 heteroatoms. The van der Waals surface area contributed by atoms with Gasteiger partial charge in [0.15, 0.2) is 0 Å². The Balaban J connectivity index is 2.70. The molecule has 0 radical (unpaired) electrons. The quantitative estimate of drug-likeness (QED) is 0.719. The van der Waals surface area contributed by atoms with Crippen LogP contribution >= 0.6 is 11.6 Å². The van der Waals surface area contributed by atoms with E-state index in [4.69, 9.17) is 16.3 Å². The molecule has 1 heterocycles. The zero-order chi connectivity index (χ0) is 12.9. The molecular formula is C11H20ClN3O2. The second-order valence-electron chi connectivity index (χ2n) is 4.10. The summed E-state index contributed by atoms with van der Waals surface area (Å²) in [5.41, 5.74) is -0.399. The molecule has 0 saturated heterocycles. The summed E-state index contributed by atoms with van der Waals surface area (Å²) < 4.78 is 6.64. The fourth-order valence-corrected chi connectivity index (χ4v) is 2.07. The maximum atomic E-state index is 10.4. The number of aryl methyl sites for hydroxylation is 1. The molecule has 0 aliphatic rings. The molecule has 0 saturated carbocycles. The minimum absolute atomic E-state index is 0.405. The van der Waals surface area contributed by atoms with Gasteiger partial charge in [0.1, 0.15) is 5.60 Å². The van der Waals surface area contributed by atoms with Crippen LogP contribution in [0.4, 0.5) is 0 Å². The molecule has 0 fully saturated rings. The first kappa shape index (κ1) is 14.4. The van der Waals surface area contributed by atoms with E-state index in [1.54, 1.807) is 24.9 Å². The molecule has 1 aromatic heterocycles. The fourth-order valence-electron chi connectivity index (χ4n) is 1.73. The van der Waals surface area contributed by atoms with Gasteiger partial charge in [0, 0.05) is 26.7 Å². The van der Waals surface area contributed by atoms with E-state index < -0.39 is 5.60 Å². The van der Waals surface area contributed by atoms with Crippen molar-refractivity contribution >= 4 is 11.6 Å². The van der Waals surface area contributed by atoms with Crippen LogP contribution in [0.15, 0.2) is 6.20 Å². The Labute approximate surface area is 107 Å². The maximum Gasteiger partial charge on any atom is 0.117 e. The molecule has 0 aromatic carbocycles. The van der Waals surface area contributed by atoms with Crippen molar-refractivity contribution in [1.82, 2.24) is 15.1 Å². The second-order valence-corrected chi connectivity index (χ2v) is 4.51. The van der Waals surface area contributed by atoms with E-state index in [9.17, 15) is 5.11 Å². The monoisotopic (exact) mass is 261 g/mol. The van der Waals surface area contributed by atoms with Gasteiger partial charge < -0.3 is 15.2 Å². The van der Waals surface area contributed by atoms with Gasteiger partial charge in [-0.25, -0.2) is 0 Å². The number of nitrogens with one attached hydrogen (secondary N) is 1. The molecule has 0 amide bonds. The van der Waals surface area contributed by atoms with E-state index in [1.807, 2.05) is 6.92 Å². The van der Waals surface area contributed by atoms with Crippen LogP contribution in [-0.2, 0) is 16.9 Å². The maximum absolute atomic E-state index is 10.4. The van der Waals surface area contributed by atoms with Gasteiger partial charge in [-0.15, -0.1) is 0 Å². The number of aliphatic hydroxyl groups is 1. The van der Waals surface area contributed by atoms with Crippen molar-refractivity contribution in [1.29, 1.82) is 0 Å². The van der Waals surface area contributed by atoms with Gasteiger partial charge in [-0.1, -0.05) is 11.6 Å². The van der Waals surface area contributed by atoms with Crippen molar-refractivity contribution in [3.8, 4) is 0 Å². The summed E-state index contributed by atoms with van der Waals surface area (Å²) in [7, 11) is 1.64. The normalized spacial score (nSPS) is 14.9. The molecule has 1 rings (SSSR count). The number of aromatic nitrogens is 2. The topological polar surface area (TPSA) is 59.3 Å². The molecule has 2 N–H and O–H groups in total. The molecule has 98 valence electrons.